The number of anilines is 1. The van der Waals surface area contributed by atoms with E-state index >= 15 is 0 Å². The van der Waals surface area contributed by atoms with Crippen LogP contribution in [-0.4, -0.2) is 76.2 Å². The zero-order valence-electron chi connectivity index (χ0n) is 22.6. The van der Waals surface area contributed by atoms with Crippen LogP contribution in [0.25, 0.3) is 28.3 Å². The lowest BCUT2D eigenvalue weighted by Crippen LogP contribution is -2.32. The zero-order valence-corrected chi connectivity index (χ0v) is 23.4. The lowest BCUT2D eigenvalue weighted by molar-refractivity contribution is 0.186. The van der Waals surface area contributed by atoms with E-state index in [9.17, 15) is 14.7 Å². The molecule has 0 fully saturated rings. The number of carboxylic acid groups (broad SMARTS) is 1. The zero-order chi connectivity index (χ0) is 29.4. The molecule has 1 amide bonds. The third-order valence-corrected chi connectivity index (χ3v) is 7.32. The van der Waals surface area contributed by atoms with Crippen molar-refractivity contribution in [2.75, 3.05) is 25.2 Å². The van der Waals surface area contributed by atoms with Gasteiger partial charge in [0.1, 0.15) is 28.8 Å². The molecule has 0 unspecified atom stereocenters. The van der Waals surface area contributed by atoms with Gasteiger partial charge >= 0.3 is 6.09 Å². The monoisotopic (exact) mass is 588 g/mol. The minimum absolute atomic E-state index is 0.161. The number of aromatic amines is 1. The van der Waals surface area contributed by atoms with Crippen molar-refractivity contribution < 1.29 is 14.6 Å². The topological polar surface area (TPSA) is 170 Å². The second-order valence-corrected chi connectivity index (χ2v) is 10.1. The summed E-state index contributed by atoms with van der Waals surface area (Å²) in [5.74, 6) is 1.14. The molecule has 14 nitrogen and oxygen atoms in total. The number of benzene rings is 1. The maximum Gasteiger partial charge on any atom is 0.411 e. The molecule has 5 heterocycles. The Bertz CT molecular complexity index is 1820. The summed E-state index contributed by atoms with van der Waals surface area (Å²) >= 11 is 6.53. The number of fused-ring (bicyclic) bond motifs is 1. The third-order valence-electron chi connectivity index (χ3n) is 7.05. The van der Waals surface area contributed by atoms with Crippen LogP contribution in [0, 0.1) is 6.92 Å². The minimum Gasteiger partial charge on any atom is -0.465 e. The summed E-state index contributed by atoms with van der Waals surface area (Å²) in [5, 5.41) is 21.2. The fourth-order valence-corrected chi connectivity index (χ4v) is 5.30. The molecule has 0 saturated heterocycles. The number of ether oxygens (including phenoxy) is 1. The van der Waals surface area contributed by atoms with Gasteiger partial charge in [0, 0.05) is 25.2 Å². The first-order valence-electron chi connectivity index (χ1n) is 13.0. The largest absolute Gasteiger partial charge is 0.465 e. The predicted octanol–water partition coefficient (Wildman–Crippen LogP) is 3.30. The van der Waals surface area contributed by atoms with E-state index in [-0.39, 0.29) is 23.9 Å². The highest BCUT2D eigenvalue weighted by Gasteiger charge is 2.30. The van der Waals surface area contributed by atoms with Crippen molar-refractivity contribution in [3.8, 4) is 28.3 Å². The summed E-state index contributed by atoms with van der Waals surface area (Å²) in [6, 6.07) is 10.2. The number of hydrogen-bond donors (Lipinski definition) is 2. The molecule has 15 heteroatoms. The maximum atomic E-state index is 13.5. The van der Waals surface area contributed by atoms with Gasteiger partial charge in [0.2, 0.25) is 0 Å². The Morgan fingerprint density at radius 3 is 2.79 bits per heavy atom. The summed E-state index contributed by atoms with van der Waals surface area (Å²) in [7, 11) is 1.50. The highest BCUT2D eigenvalue weighted by Crippen LogP contribution is 2.34. The number of aromatic nitrogens is 9. The number of nitrogens with one attached hydrogen (secondary N) is 1. The number of H-pyrrole nitrogens is 1. The van der Waals surface area contributed by atoms with Crippen LogP contribution in [0.2, 0.25) is 5.15 Å². The maximum absolute atomic E-state index is 13.5. The normalized spacial score (nSPS) is 14.2. The number of pyridine rings is 1. The van der Waals surface area contributed by atoms with E-state index in [1.807, 2.05) is 25.1 Å². The average Bonchev–Trinajstić information content (AvgIpc) is 3.74. The highest BCUT2D eigenvalue weighted by molar-refractivity contribution is 6.31. The van der Waals surface area contributed by atoms with Gasteiger partial charge in [-0.3, -0.25) is 19.2 Å². The standard InChI is InChI=1S/C27H25ClN10O4/c1-15-3-6-20(37-14-30-34-35-37)17(11-15)19-12-23(39)38-21(7-8-22(38)31-19)26-32-24(25(28)33-26)18-5-4-16(13-29-18)36(27(40)41)9-10-42-2/h3-6,11-14,21H,7-10H2,1-2H3,(H,32,33)(H,40,41)/t21-/m0/s1. The number of nitrogens with zero attached hydrogens (tertiary/aromatic N) is 9. The Labute approximate surface area is 243 Å². The fraction of sp³-hybridized carbons (Fsp3) is 0.259. The van der Waals surface area contributed by atoms with Gasteiger partial charge in [0.05, 0.1) is 48.2 Å². The van der Waals surface area contributed by atoms with Crippen molar-refractivity contribution >= 4 is 23.4 Å². The molecule has 1 aromatic carbocycles. The SMILES string of the molecule is COCCN(C(=O)O)c1ccc(-c2nc([C@@H]3CCc4nc(-c5cc(C)ccc5-n5cnnn5)cc(=O)n43)[nH]c2Cl)nc1. The van der Waals surface area contributed by atoms with E-state index in [0.29, 0.717) is 52.9 Å². The summed E-state index contributed by atoms with van der Waals surface area (Å²) in [5.41, 5.74) is 4.02. The first kappa shape index (κ1) is 27.2. The van der Waals surface area contributed by atoms with E-state index in [2.05, 4.69) is 30.5 Å². The second kappa shape index (κ2) is 11.1. The molecule has 4 aromatic heterocycles. The quantitative estimate of drug-likeness (QED) is 0.274. The molecule has 0 bridgehead atoms. The first-order valence-corrected chi connectivity index (χ1v) is 13.4. The van der Waals surface area contributed by atoms with E-state index in [1.165, 1.54) is 30.4 Å². The predicted molar refractivity (Wildman–Crippen MR) is 152 cm³/mol. The molecular weight excluding hydrogens is 564 g/mol. The molecule has 0 spiro atoms. The first-order chi connectivity index (χ1) is 20.3. The van der Waals surface area contributed by atoms with Crippen LogP contribution in [0.1, 0.15) is 29.7 Å². The van der Waals surface area contributed by atoms with Crippen molar-refractivity contribution in [2.24, 2.45) is 0 Å². The van der Waals surface area contributed by atoms with Crippen LogP contribution in [0.3, 0.4) is 0 Å². The Hall–Kier alpha value is -4.95. The summed E-state index contributed by atoms with van der Waals surface area (Å²) in [6.45, 7) is 2.37. The van der Waals surface area contributed by atoms with Crippen LogP contribution < -0.4 is 10.5 Å². The molecule has 2 N–H and O–H groups in total. The number of aryl methyl sites for hydroxylation is 2. The van der Waals surface area contributed by atoms with Gasteiger partial charge in [0.25, 0.3) is 5.56 Å². The van der Waals surface area contributed by atoms with Crippen LogP contribution in [0.15, 0.2) is 53.7 Å². The van der Waals surface area contributed by atoms with Gasteiger partial charge in [0.15, 0.2) is 0 Å². The Kier molecular flexibility index (Phi) is 7.22. The van der Waals surface area contributed by atoms with Crippen molar-refractivity contribution in [3.63, 3.8) is 0 Å². The van der Waals surface area contributed by atoms with Gasteiger partial charge in [-0.2, -0.15) is 4.68 Å². The Balaban J connectivity index is 1.31. The number of methoxy groups -OCH3 is 1. The van der Waals surface area contributed by atoms with Crippen LogP contribution >= 0.6 is 11.6 Å². The summed E-state index contributed by atoms with van der Waals surface area (Å²) in [6.07, 6.45) is 2.99. The smallest absolute Gasteiger partial charge is 0.411 e. The van der Waals surface area contributed by atoms with Gasteiger partial charge in [-0.15, -0.1) is 5.10 Å². The number of halogens is 1. The number of imidazole rings is 1. The van der Waals surface area contributed by atoms with E-state index in [4.69, 9.17) is 21.3 Å². The molecule has 1 atom stereocenters. The molecule has 6 rings (SSSR count). The van der Waals surface area contributed by atoms with Crippen molar-refractivity contribution in [3.05, 3.63) is 81.6 Å². The number of amides is 1. The molecule has 42 heavy (non-hydrogen) atoms. The van der Waals surface area contributed by atoms with E-state index in [0.717, 1.165) is 16.0 Å². The molecule has 0 aliphatic carbocycles. The Morgan fingerprint density at radius 2 is 2.07 bits per heavy atom. The number of tetrazole rings is 1. The third kappa shape index (κ3) is 5.01. The Morgan fingerprint density at radius 1 is 1.21 bits per heavy atom. The van der Waals surface area contributed by atoms with Gasteiger partial charge in [-0.05, 0) is 48.0 Å². The molecular formula is C27H25ClN10O4. The fourth-order valence-electron chi connectivity index (χ4n) is 5.07. The molecule has 5 aromatic rings. The molecule has 214 valence electrons. The number of rotatable bonds is 8. The molecule has 1 aliphatic heterocycles. The highest BCUT2D eigenvalue weighted by atomic mass is 35.5. The van der Waals surface area contributed by atoms with Gasteiger partial charge in [-0.25, -0.2) is 14.8 Å². The van der Waals surface area contributed by atoms with E-state index < -0.39 is 12.1 Å². The van der Waals surface area contributed by atoms with E-state index in [1.54, 1.807) is 16.7 Å². The van der Waals surface area contributed by atoms with Crippen molar-refractivity contribution in [1.82, 2.24) is 44.7 Å². The molecule has 0 radical (unpaired) electrons. The van der Waals surface area contributed by atoms with Crippen LogP contribution in [0.4, 0.5) is 10.5 Å². The molecule has 0 saturated carbocycles. The van der Waals surface area contributed by atoms with Gasteiger partial charge < -0.3 is 14.8 Å². The second-order valence-electron chi connectivity index (χ2n) is 9.71. The van der Waals surface area contributed by atoms with Crippen molar-refractivity contribution in [2.45, 2.75) is 25.8 Å². The summed E-state index contributed by atoms with van der Waals surface area (Å²) < 4.78 is 8.17. The molecule has 1 aliphatic rings. The van der Waals surface area contributed by atoms with Gasteiger partial charge in [-0.1, -0.05) is 23.2 Å². The van der Waals surface area contributed by atoms with Crippen LogP contribution in [0.5, 0.6) is 0 Å². The minimum atomic E-state index is -1.11. The number of hydrogen-bond acceptors (Lipinski definition) is 9. The van der Waals surface area contributed by atoms with Crippen molar-refractivity contribution in [1.29, 1.82) is 0 Å². The summed E-state index contributed by atoms with van der Waals surface area (Å²) in [4.78, 5) is 43.3. The lowest BCUT2D eigenvalue weighted by atomic mass is 10.1. The van der Waals surface area contributed by atoms with Crippen LogP contribution in [-0.2, 0) is 11.2 Å². The average molecular weight is 589 g/mol. The number of carbonyl (C=O) groups is 1. The lowest BCUT2D eigenvalue weighted by Gasteiger charge is -2.18.